The third-order valence-electron chi connectivity index (χ3n) is 3.38. The molecule has 0 saturated carbocycles. The van der Waals surface area contributed by atoms with Crippen LogP contribution in [0.25, 0.3) is 21.5 Å². The van der Waals surface area contributed by atoms with Gasteiger partial charge in [0.1, 0.15) is 0 Å². The second kappa shape index (κ2) is 7.14. The summed E-state index contributed by atoms with van der Waals surface area (Å²) in [5.41, 5.74) is 1.09. The number of hydrogen-bond donors (Lipinski definition) is 0. The molecule has 1 aromatic carbocycles. The number of aromatic nitrogens is 3. The van der Waals surface area contributed by atoms with Crippen molar-refractivity contribution in [3.05, 3.63) is 29.6 Å². The standard InChI is InChI=1S/C16H17N3O2S2/c1-3-19-15(12-9-22-13-8-6-5-7-11(12)13)17-18-16(19)23-10-14(20)21-4-2/h5-9H,3-4,10H2,1-2H3. The first-order chi connectivity index (χ1) is 11.2. The maximum Gasteiger partial charge on any atom is 0.316 e. The zero-order valence-corrected chi connectivity index (χ0v) is 14.6. The van der Waals surface area contributed by atoms with Gasteiger partial charge in [-0.15, -0.1) is 21.5 Å². The zero-order valence-electron chi connectivity index (χ0n) is 13.0. The van der Waals surface area contributed by atoms with Crippen LogP contribution in [0.2, 0.25) is 0 Å². The molecule has 3 aromatic rings. The topological polar surface area (TPSA) is 57.0 Å². The minimum absolute atomic E-state index is 0.231. The van der Waals surface area contributed by atoms with Gasteiger partial charge in [-0.3, -0.25) is 4.79 Å². The van der Waals surface area contributed by atoms with Gasteiger partial charge in [0.05, 0.1) is 12.4 Å². The Bertz CT molecular complexity index is 826. The van der Waals surface area contributed by atoms with E-state index in [0.717, 1.165) is 23.1 Å². The summed E-state index contributed by atoms with van der Waals surface area (Å²) < 4.78 is 8.23. The van der Waals surface area contributed by atoms with Gasteiger partial charge in [0, 0.05) is 27.6 Å². The Morgan fingerprint density at radius 1 is 1.30 bits per heavy atom. The van der Waals surface area contributed by atoms with Crippen LogP contribution in [-0.2, 0) is 16.1 Å². The normalized spacial score (nSPS) is 11.0. The van der Waals surface area contributed by atoms with Crippen molar-refractivity contribution in [2.75, 3.05) is 12.4 Å². The van der Waals surface area contributed by atoms with Crippen molar-refractivity contribution >= 4 is 39.2 Å². The molecule has 7 heteroatoms. The van der Waals surface area contributed by atoms with Crippen LogP contribution >= 0.6 is 23.1 Å². The molecule has 2 aromatic heterocycles. The van der Waals surface area contributed by atoms with Crippen molar-refractivity contribution in [3.8, 4) is 11.4 Å². The van der Waals surface area contributed by atoms with Gasteiger partial charge in [-0.1, -0.05) is 30.0 Å². The minimum Gasteiger partial charge on any atom is -0.465 e. The highest BCUT2D eigenvalue weighted by Gasteiger charge is 2.17. The van der Waals surface area contributed by atoms with Crippen LogP contribution in [-0.4, -0.2) is 33.1 Å². The molecular weight excluding hydrogens is 330 g/mol. The summed E-state index contributed by atoms with van der Waals surface area (Å²) in [7, 11) is 0. The van der Waals surface area contributed by atoms with Crippen LogP contribution in [0, 0.1) is 0 Å². The number of thiophene rings is 1. The van der Waals surface area contributed by atoms with E-state index in [-0.39, 0.29) is 11.7 Å². The fourth-order valence-corrected chi connectivity index (χ4v) is 4.10. The van der Waals surface area contributed by atoms with Crippen molar-refractivity contribution in [2.45, 2.75) is 25.5 Å². The minimum atomic E-state index is -0.231. The monoisotopic (exact) mass is 347 g/mol. The number of carbonyl (C=O) groups excluding carboxylic acids is 1. The molecule has 0 N–H and O–H groups in total. The molecule has 0 saturated heterocycles. The molecule has 120 valence electrons. The molecule has 0 aliphatic rings. The number of benzene rings is 1. The molecule has 0 fully saturated rings. The molecule has 0 amide bonds. The van der Waals surface area contributed by atoms with Crippen LogP contribution in [0.5, 0.6) is 0 Å². The lowest BCUT2D eigenvalue weighted by Gasteiger charge is -2.06. The van der Waals surface area contributed by atoms with E-state index in [0.29, 0.717) is 6.61 Å². The summed E-state index contributed by atoms with van der Waals surface area (Å²) >= 11 is 3.06. The number of nitrogens with zero attached hydrogens (tertiary/aromatic N) is 3. The maximum absolute atomic E-state index is 11.5. The summed E-state index contributed by atoms with van der Waals surface area (Å²) in [6.07, 6.45) is 0. The number of carbonyl (C=O) groups is 1. The lowest BCUT2D eigenvalue weighted by Crippen LogP contribution is -2.08. The predicted molar refractivity (Wildman–Crippen MR) is 93.9 cm³/mol. The highest BCUT2D eigenvalue weighted by atomic mass is 32.2. The van der Waals surface area contributed by atoms with Gasteiger partial charge in [-0.25, -0.2) is 0 Å². The van der Waals surface area contributed by atoms with Crippen LogP contribution in [0.3, 0.4) is 0 Å². The molecule has 5 nitrogen and oxygen atoms in total. The van der Waals surface area contributed by atoms with Gasteiger partial charge in [0.15, 0.2) is 11.0 Å². The Balaban J connectivity index is 1.90. The summed E-state index contributed by atoms with van der Waals surface area (Å²) in [5, 5.41) is 12.6. The average molecular weight is 347 g/mol. The molecule has 3 rings (SSSR count). The quantitative estimate of drug-likeness (QED) is 0.501. The first-order valence-electron chi connectivity index (χ1n) is 7.42. The SMILES string of the molecule is CCOC(=O)CSc1nnc(-c2csc3ccccc23)n1CC. The first kappa shape index (κ1) is 16.0. The molecule has 0 radical (unpaired) electrons. The van der Waals surface area contributed by atoms with E-state index in [1.54, 1.807) is 18.3 Å². The molecular formula is C16H17N3O2S2. The van der Waals surface area contributed by atoms with Gasteiger partial charge in [-0.05, 0) is 19.9 Å². The van der Waals surface area contributed by atoms with E-state index < -0.39 is 0 Å². The van der Waals surface area contributed by atoms with Crippen molar-refractivity contribution in [3.63, 3.8) is 0 Å². The Morgan fingerprint density at radius 3 is 2.91 bits per heavy atom. The lowest BCUT2D eigenvalue weighted by atomic mass is 10.1. The van der Waals surface area contributed by atoms with E-state index in [4.69, 9.17) is 4.74 Å². The fourth-order valence-electron chi connectivity index (χ4n) is 2.36. The highest BCUT2D eigenvalue weighted by Crippen LogP contribution is 2.34. The zero-order chi connectivity index (χ0) is 16.2. The molecule has 2 heterocycles. The third kappa shape index (κ3) is 3.25. The largest absolute Gasteiger partial charge is 0.465 e. The second-order valence-corrected chi connectivity index (χ2v) is 6.64. The van der Waals surface area contributed by atoms with Gasteiger partial charge >= 0.3 is 5.97 Å². The van der Waals surface area contributed by atoms with E-state index in [1.165, 1.54) is 21.8 Å². The third-order valence-corrected chi connectivity index (χ3v) is 5.28. The van der Waals surface area contributed by atoms with Crippen LogP contribution in [0.15, 0.2) is 34.8 Å². The number of rotatable bonds is 6. The molecule has 0 aliphatic heterocycles. The van der Waals surface area contributed by atoms with Crippen molar-refractivity contribution in [1.82, 2.24) is 14.8 Å². The van der Waals surface area contributed by atoms with Crippen LogP contribution in [0.4, 0.5) is 0 Å². The number of fused-ring (bicyclic) bond motifs is 1. The average Bonchev–Trinajstić information content (AvgIpc) is 3.16. The molecule has 0 atom stereocenters. The smallest absolute Gasteiger partial charge is 0.316 e. The van der Waals surface area contributed by atoms with Crippen molar-refractivity contribution in [2.24, 2.45) is 0 Å². The number of esters is 1. The fraction of sp³-hybridized carbons (Fsp3) is 0.312. The Morgan fingerprint density at radius 2 is 2.13 bits per heavy atom. The predicted octanol–water partition coefficient (Wildman–Crippen LogP) is 3.83. The number of ether oxygens (including phenoxy) is 1. The highest BCUT2D eigenvalue weighted by molar-refractivity contribution is 7.99. The van der Waals surface area contributed by atoms with Crippen molar-refractivity contribution < 1.29 is 9.53 Å². The number of hydrogen-bond acceptors (Lipinski definition) is 6. The van der Waals surface area contributed by atoms with Crippen molar-refractivity contribution in [1.29, 1.82) is 0 Å². The summed E-state index contributed by atoms with van der Waals surface area (Å²) in [4.78, 5) is 11.5. The summed E-state index contributed by atoms with van der Waals surface area (Å²) in [6, 6.07) is 8.27. The van der Waals surface area contributed by atoms with Crippen LogP contribution in [0.1, 0.15) is 13.8 Å². The first-order valence-corrected chi connectivity index (χ1v) is 9.29. The summed E-state index contributed by atoms with van der Waals surface area (Å²) in [5.74, 6) is 0.859. The van der Waals surface area contributed by atoms with E-state index in [2.05, 4.69) is 34.6 Å². The second-order valence-electron chi connectivity index (χ2n) is 4.79. The van der Waals surface area contributed by atoms with E-state index in [9.17, 15) is 4.79 Å². The van der Waals surface area contributed by atoms with Gasteiger partial charge < -0.3 is 9.30 Å². The molecule has 0 spiro atoms. The molecule has 23 heavy (non-hydrogen) atoms. The van der Waals surface area contributed by atoms with Gasteiger partial charge in [0.2, 0.25) is 0 Å². The van der Waals surface area contributed by atoms with Gasteiger partial charge in [-0.2, -0.15) is 0 Å². The molecule has 0 unspecified atom stereocenters. The molecule has 0 aliphatic carbocycles. The Kier molecular flexibility index (Phi) is 4.97. The lowest BCUT2D eigenvalue weighted by molar-refractivity contribution is -0.139. The van der Waals surface area contributed by atoms with Gasteiger partial charge in [0.25, 0.3) is 0 Å². The van der Waals surface area contributed by atoms with Crippen LogP contribution < -0.4 is 0 Å². The number of thioether (sulfide) groups is 1. The molecule has 0 bridgehead atoms. The van der Waals surface area contributed by atoms with E-state index >= 15 is 0 Å². The Hall–Kier alpha value is -1.86. The van der Waals surface area contributed by atoms with E-state index in [1.807, 2.05) is 16.7 Å². The summed E-state index contributed by atoms with van der Waals surface area (Å²) in [6.45, 7) is 5.00. The maximum atomic E-state index is 11.5. The Labute approximate surface area is 142 Å².